The van der Waals surface area contributed by atoms with Crippen molar-refractivity contribution in [3.05, 3.63) is 59.4 Å². The molecule has 3 N–H and O–H groups in total. The molecule has 0 spiro atoms. The Morgan fingerprint density at radius 1 is 1.31 bits per heavy atom. The molecular formula is C18H21FN6O. The molecule has 0 aliphatic rings. The lowest BCUT2D eigenvalue weighted by Gasteiger charge is -2.11. The Morgan fingerprint density at radius 3 is 2.92 bits per heavy atom. The minimum atomic E-state index is -0.197. The zero-order chi connectivity index (χ0) is 18.4. The number of benzene rings is 1. The monoisotopic (exact) mass is 356 g/mol. The summed E-state index contributed by atoms with van der Waals surface area (Å²) in [6.45, 7) is 2.95. The Labute approximate surface area is 150 Å². The van der Waals surface area contributed by atoms with Gasteiger partial charge in [-0.15, -0.1) is 0 Å². The molecule has 0 unspecified atom stereocenters. The Kier molecular flexibility index (Phi) is 5.62. The normalized spacial score (nSPS) is 11.6. The molecule has 1 aromatic carbocycles. The van der Waals surface area contributed by atoms with E-state index in [4.69, 9.17) is 4.42 Å². The average molecular weight is 356 g/mol. The van der Waals surface area contributed by atoms with Crippen LogP contribution in [0.3, 0.4) is 0 Å². The molecule has 2 heterocycles. The van der Waals surface area contributed by atoms with E-state index in [9.17, 15) is 4.39 Å². The molecular weight excluding hydrogens is 335 g/mol. The Morgan fingerprint density at radius 2 is 2.19 bits per heavy atom. The van der Waals surface area contributed by atoms with Gasteiger partial charge in [0.25, 0.3) is 0 Å². The number of nitrogens with one attached hydrogen (secondary N) is 3. The first-order valence-electron chi connectivity index (χ1n) is 8.30. The third-order valence-corrected chi connectivity index (χ3v) is 3.83. The molecule has 0 atom stereocenters. The van der Waals surface area contributed by atoms with Gasteiger partial charge < -0.3 is 15.1 Å². The highest BCUT2D eigenvalue weighted by atomic mass is 19.1. The lowest BCUT2D eigenvalue weighted by atomic mass is 10.1. The van der Waals surface area contributed by atoms with Crippen molar-refractivity contribution in [2.45, 2.75) is 19.9 Å². The van der Waals surface area contributed by atoms with Crippen LogP contribution >= 0.6 is 0 Å². The van der Waals surface area contributed by atoms with Crippen LogP contribution < -0.4 is 10.6 Å². The summed E-state index contributed by atoms with van der Waals surface area (Å²) in [7, 11) is 1.70. The largest absolute Gasteiger partial charge is 0.461 e. The quantitative estimate of drug-likeness (QED) is 0.466. The minimum absolute atomic E-state index is 0.197. The third-order valence-electron chi connectivity index (χ3n) is 3.83. The van der Waals surface area contributed by atoms with E-state index >= 15 is 0 Å². The minimum Gasteiger partial charge on any atom is -0.461 e. The summed E-state index contributed by atoms with van der Waals surface area (Å²) in [5, 5.41) is 13.4. The highest BCUT2D eigenvalue weighted by Crippen LogP contribution is 2.14. The second-order valence-corrected chi connectivity index (χ2v) is 5.77. The van der Waals surface area contributed by atoms with E-state index in [0.29, 0.717) is 42.6 Å². The van der Waals surface area contributed by atoms with Crippen LogP contribution in [0.4, 0.5) is 4.39 Å². The lowest BCUT2D eigenvalue weighted by molar-refractivity contribution is 0.577. The summed E-state index contributed by atoms with van der Waals surface area (Å²) in [6, 6.07) is 8.66. The van der Waals surface area contributed by atoms with Crippen LogP contribution in [0.2, 0.25) is 0 Å². The maximum atomic E-state index is 13.3. The highest BCUT2D eigenvalue weighted by molar-refractivity contribution is 5.79. The summed E-state index contributed by atoms with van der Waals surface area (Å²) in [6.07, 6.45) is 2.25. The van der Waals surface area contributed by atoms with Gasteiger partial charge in [0.1, 0.15) is 11.6 Å². The number of furan rings is 1. The van der Waals surface area contributed by atoms with Gasteiger partial charge in [0.2, 0.25) is 5.82 Å². The summed E-state index contributed by atoms with van der Waals surface area (Å²) in [5.74, 6) is 2.40. The van der Waals surface area contributed by atoms with E-state index in [1.165, 1.54) is 6.07 Å². The Balaban J connectivity index is 1.46. The average Bonchev–Trinajstić information content (AvgIpc) is 3.32. The number of nitrogens with zero attached hydrogens (tertiary/aromatic N) is 3. The van der Waals surface area contributed by atoms with Gasteiger partial charge in [-0.05, 0) is 36.2 Å². The van der Waals surface area contributed by atoms with Gasteiger partial charge in [-0.25, -0.2) is 9.37 Å². The molecule has 0 fully saturated rings. The van der Waals surface area contributed by atoms with E-state index in [1.807, 2.05) is 12.1 Å². The number of H-pyrrole nitrogens is 1. The number of hydrogen-bond acceptors (Lipinski definition) is 4. The fraction of sp³-hybridized carbons (Fsp3) is 0.278. The fourth-order valence-electron chi connectivity index (χ4n) is 2.45. The molecule has 0 aliphatic heterocycles. The summed E-state index contributed by atoms with van der Waals surface area (Å²) >= 11 is 0. The number of aryl methyl sites for hydroxylation is 1. The van der Waals surface area contributed by atoms with Crippen molar-refractivity contribution in [1.82, 2.24) is 25.8 Å². The maximum Gasteiger partial charge on any atom is 0.216 e. The molecule has 8 heteroatoms. The predicted molar refractivity (Wildman–Crippen MR) is 97.1 cm³/mol. The van der Waals surface area contributed by atoms with Crippen LogP contribution in [0, 0.1) is 12.7 Å². The smallest absolute Gasteiger partial charge is 0.216 e. The molecule has 0 saturated heterocycles. The van der Waals surface area contributed by atoms with Gasteiger partial charge in [-0.1, -0.05) is 12.1 Å². The zero-order valence-corrected chi connectivity index (χ0v) is 14.7. The van der Waals surface area contributed by atoms with Gasteiger partial charge >= 0.3 is 0 Å². The molecule has 7 nitrogen and oxygen atoms in total. The topological polar surface area (TPSA) is 91.1 Å². The number of aromatic nitrogens is 3. The van der Waals surface area contributed by atoms with E-state index in [0.717, 1.165) is 11.4 Å². The molecule has 0 aliphatic carbocycles. The SMILES string of the molecule is CN=C(NCCc1nc(-c2ccco2)n[nH]1)NCc1ccc(F)c(C)c1. The number of aliphatic imine (C=N–C) groups is 1. The van der Waals surface area contributed by atoms with Gasteiger partial charge in [-0.3, -0.25) is 10.1 Å². The number of hydrogen-bond donors (Lipinski definition) is 3. The molecule has 0 saturated carbocycles. The van der Waals surface area contributed by atoms with Crippen molar-refractivity contribution in [2.75, 3.05) is 13.6 Å². The number of guanidine groups is 1. The van der Waals surface area contributed by atoms with Crippen LogP contribution in [0.5, 0.6) is 0 Å². The third kappa shape index (κ3) is 4.47. The predicted octanol–water partition coefficient (Wildman–Crippen LogP) is 2.42. The number of aromatic amines is 1. The second kappa shape index (κ2) is 8.28. The molecule has 26 heavy (non-hydrogen) atoms. The molecule has 3 aromatic rings. The second-order valence-electron chi connectivity index (χ2n) is 5.77. The van der Waals surface area contributed by atoms with Gasteiger partial charge in [0.15, 0.2) is 11.7 Å². The fourth-order valence-corrected chi connectivity index (χ4v) is 2.45. The van der Waals surface area contributed by atoms with Crippen molar-refractivity contribution >= 4 is 5.96 Å². The maximum absolute atomic E-state index is 13.3. The van der Waals surface area contributed by atoms with Crippen molar-refractivity contribution in [1.29, 1.82) is 0 Å². The van der Waals surface area contributed by atoms with Crippen molar-refractivity contribution in [3.8, 4) is 11.6 Å². The van der Waals surface area contributed by atoms with Crippen LogP contribution in [0.15, 0.2) is 46.0 Å². The molecule has 0 bridgehead atoms. The highest BCUT2D eigenvalue weighted by Gasteiger charge is 2.08. The molecule has 136 valence electrons. The number of rotatable bonds is 6. The molecule has 0 amide bonds. The van der Waals surface area contributed by atoms with Crippen LogP contribution in [0.1, 0.15) is 17.0 Å². The van der Waals surface area contributed by atoms with Crippen LogP contribution in [-0.2, 0) is 13.0 Å². The Hall–Kier alpha value is -3.16. The zero-order valence-electron chi connectivity index (χ0n) is 14.7. The molecule has 2 aromatic heterocycles. The first kappa shape index (κ1) is 17.7. The summed E-state index contributed by atoms with van der Waals surface area (Å²) < 4.78 is 18.6. The Bertz CT molecular complexity index is 872. The molecule has 3 rings (SSSR count). The van der Waals surface area contributed by atoms with Crippen LogP contribution in [-0.4, -0.2) is 34.7 Å². The van der Waals surface area contributed by atoms with E-state index in [1.54, 1.807) is 32.4 Å². The molecule has 0 radical (unpaired) electrons. The first-order valence-corrected chi connectivity index (χ1v) is 8.30. The van der Waals surface area contributed by atoms with Gasteiger partial charge in [0.05, 0.1) is 6.26 Å². The lowest BCUT2D eigenvalue weighted by Crippen LogP contribution is -2.38. The van der Waals surface area contributed by atoms with Crippen LogP contribution in [0.25, 0.3) is 11.6 Å². The van der Waals surface area contributed by atoms with Gasteiger partial charge in [0, 0.05) is 26.6 Å². The number of halogens is 1. The van der Waals surface area contributed by atoms with E-state index < -0.39 is 0 Å². The standard InChI is InChI=1S/C18H21FN6O/c1-12-10-13(5-6-14(12)19)11-22-18(20-2)21-8-7-16-23-17(25-24-16)15-4-3-9-26-15/h3-6,9-10H,7-8,11H2,1-2H3,(H2,20,21,22)(H,23,24,25). The summed E-state index contributed by atoms with van der Waals surface area (Å²) in [5.41, 5.74) is 1.62. The van der Waals surface area contributed by atoms with Gasteiger partial charge in [-0.2, -0.15) is 5.10 Å². The van der Waals surface area contributed by atoms with Crippen molar-refractivity contribution in [3.63, 3.8) is 0 Å². The summed E-state index contributed by atoms with van der Waals surface area (Å²) in [4.78, 5) is 8.57. The van der Waals surface area contributed by atoms with E-state index in [2.05, 4.69) is 30.8 Å². The first-order chi connectivity index (χ1) is 12.7. The van der Waals surface area contributed by atoms with E-state index in [-0.39, 0.29) is 5.82 Å². The van der Waals surface area contributed by atoms with Crippen molar-refractivity contribution in [2.24, 2.45) is 4.99 Å². The van der Waals surface area contributed by atoms with Crippen molar-refractivity contribution < 1.29 is 8.81 Å².